The van der Waals surface area contributed by atoms with E-state index in [0.717, 1.165) is 62.4 Å². The summed E-state index contributed by atoms with van der Waals surface area (Å²) in [4.78, 5) is 19.2. The molecule has 184 valence electrons. The molecule has 0 saturated heterocycles. The molecule has 2 heterocycles. The summed E-state index contributed by atoms with van der Waals surface area (Å²) >= 11 is 0. The molecule has 7 rings (SSSR count). The number of carbonyl (C=O) groups is 1. The van der Waals surface area contributed by atoms with Gasteiger partial charge in [0.1, 0.15) is 11.4 Å². The molecule has 0 N–H and O–H groups in total. The van der Waals surface area contributed by atoms with Gasteiger partial charge in [-0.1, -0.05) is 91.0 Å². The highest BCUT2D eigenvalue weighted by Crippen LogP contribution is 2.43. The quantitative estimate of drug-likeness (QED) is 0.252. The van der Waals surface area contributed by atoms with Crippen LogP contribution in [0.1, 0.15) is 34.0 Å². The molecule has 6 aromatic rings. The number of hydrogen-bond acceptors (Lipinski definition) is 3. The van der Waals surface area contributed by atoms with Crippen LogP contribution in [0.3, 0.4) is 0 Å². The zero-order chi connectivity index (χ0) is 25.6. The van der Waals surface area contributed by atoms with Crippen LogP contribution >= 0.6 is 0 Å². The largest absolute Gasteiger partial charge is 0.497 e. The van der Waals surface area contributed by atoms with E-state index in [1.54, 1.807) is 7.11 Å². The first kappa shape index (κ1) is 22.5. The van der Waals surface area contributed by atoms with Crippen LogP contribution < -0.4 is 4.74 Å². The Morgan fingerprint density at radius 3 is 2.11 bits per heavy atom. The van der Waals surface area contributed by atoms with Crippen molar-refractivity contribution >= 4 is 22.2 Å². The minimum Gasteiger partial charge on any atom is -0.497 e. The third kappa shape index (κ3) is 3.52. The standard InChI is InChI=1S/C34H26N2O2/c1-38-26-17-18-27-28(21-26)34-35-32(23-13-7-3-8-14-23)33(24-15-9-4-10-16-24)36(34)29-19-25(20-30(37)31(27)29)22-11-5-2-6-12-22/h2-18,21,25H,19-20H2,1H3. The zero-order valence-electron chi connectivity index (χ0n) is 21.1. The zero-order valence-corrected chi connectivity index (χ0v) is 21.1. The van der Waals surface area contributed by atoms with Gasteiger partial charge in [0, 0.05) is 34.2 Å². The molecule has 1 atom stereocenters. The highest BCUT2D eigenvalue weighted by atomic mass is 16.5. The molecule has 0 fully saturated rings. The van der Waals surface area contributed by atoms with Crippen LogP contribution in [0.2, 0.25) is 0 Å². The number of carbonyl (C=O) groups excluding carboxylic acids is 1. The topological polar surface area (TPSA) is 43.6 Å². The van der Waals surface area contributed by atoms with Gasteiger partial charge in [0.05, 0.1) is 18.5 Å². The van der Waals surface area contributed by atoms with Crippen LogP contribution in [0, 0.1) is 0 Å². The lowest BCUT2D eigenvalue weighted by Gasteiger charge is -2.27. The molecule has 38 heavy (non-hydrogen) atoms. The molecule has 0 bridgehead atoms. The number of fused-ring (bicyclic) bond motifs is 6. The molecule has 0 radical (unpaired) electrons. The molecule has 4 aromatic carbocycles. The Hall–Kier alpha value is -4.70. The van der Waals surface area contributed by atoms with Crippen LogP contribution in [0.5, 0.6) is 5.75 Å². The normalized spacial score (nSPS) is 15.1. The van der Waals surface area contributed by atoms with Crippen LogP contribution in [-0.2, 0) is 6.42 Å². The Bertz CT molecular complexity index is 1810. The van der Waals surface area contributed by atoms with E-state index in [1.165, 1.54) is 5.56 Å². The summed E-state index contributed by atoms with van der Waals surface area (Å²) in [5.74, 6) is 1.03. The molecule has 2 aromatic heterocycles. The molecule has 0 aliphatic heterocycles. The monoisotopic (exact) mass is 494 g/mol. The molecule has 0 amide bonds. The fourth-order valence-electron chi connectivity index (χ4n) is 5.94. The van der Waals surface area contributed by atoms with Crippen LogP contribution in [0.4, 0.5) is 0 Å². The first-order valence-corrected chi connectivity index (χ1v) is 13.0. The molecule has 0 spiro atoms. The maximum Gasteiger partial charge on any atom is 0.165 e. The molecule has 1 aliphatic rings. The average molecular weight is 495 g/mol. The van der Waals surface area contributed by atoms with E-state index in [4.69, 9.17) is 9.72 Å². The summed E-state index contributed by atoms with van der Waals surface area (Å²) in [6.07, 6.45) is 1.25. The maximum atomic E-state index is 13.9. The highest BCUT2D eigenvalue weighted by molar-refractivity contribution is 6.14. The van der Waals surface area contributed by atoms with Gasteiger partial charge in [-0.2, -0.15) is 0 Å². The Morgan fingerprint density at radius 2 is 1.42 bits per heavy atom. The number of ether oxygens (including phenoxy) is 1. The van der Waals surface area contributed by atoms with Crippen LogP contribution in [-0.4, -0.2) is 22.3 Å². The molecule has 1 aliphatic carbocycles. The van der Waals surface area contributed by atoms with Crippen molar-refractivity contribution < 1.29 is 9.53 Å². The number of aromatic nitrogens is 2. The van der Waals surface area contributed by atoms with Gasteiger partial charge in [-0.25, -0.2) is 4.98 Å². The van der Waals surface area contributed by atoms with Gasteiger partial charge >= 0.3 is 0 Å². The molecule has 4 nitrogen and oxygen atoms in total. The minimum absolute atomic E-state index is 0.112. The predicted molar refractivity (Wildman–Crippen MR) is 152 cm³/mol. The summed E-state index contributed by atoms with van der Waals surface area (Å²) in [6.45, 7) is 0. The highest BCUT2D eigenvalue weighted by Gasteiger charge is 2.33. The number of hydrogen-bond donors (Lipinski definition) is 0. The SMILES string of the molecule is COc1ccc2c3c(n4c(-c5ccccc5)c(-c5ccccc5)nc4c2c1)CC(c1ccccc1)CC3=O. The van der Waals surface area contributed by atoms with Crippen LogP contribution in [0.25, 0.3) is 38.9 Å². The summed E-state index contributed by atoms with van der Waals surface area (Å²) in [6, 6.07) is 37.0. The lowest BCUT2D eigenvalue weighted by Crippen LogP contribution is -2.22. The average Bonchev–Trinajstić information content (AvgIpc) is 3.39. The summed E-state index contributed by atoms with van der Waals surface area (Å²) in [7, 11) is 1.67. The molecular formula is C34H26N2O2. The number of benzene rings is 4. The van der Waals surface area contributed by atoms with Crippen LogP contribution in [0.15, 0.2) is 109 Å². The van der Waals surface area contributed by atoms with Crippen molar-refractivity contribution in [1.82, 2.24) is 9.38 Å². The van der Waals surface area contributed by atoms with Crippen molar-refractivity contribution in [3.8, 4) is 28.3 Å². The number of imidazole rings is 1. The van der Waals surface area contributed by atoms with E-state index in [9.17, 15) is 4.79 Å². The van der Waals surface area contributed by atoms with Crippen molar-refractivity contribution in [3.63, 3.8) is 0 Å². The molecule has 0 saturated carbocycles. The number of rotatable bonds is 4. The van der Waals surface area contributed by atoms with E-state index in [2.05, 4.69) is 65.1 Å². The predicted octanol–water partition coefficient (Wildman–Crippen LogP) is 7.74. The van der Waals surface area contributed by atoms with E-state index < -0.39 is 0 Å². The Kier molecular flexibility index (Phi) is 5.33. The third-order valence-corrected chi connectivity index (χ3v) is 7.69. The molecule has 4 heteroatoms. The number of methoxy groups -OCH3 is 1. The number of ketones is 1. The molecule has 1 unspecified atom stereocenters. The Labute approximate surface area is 221 Å². The van der Waals surface area contributed by atoms with Gasteiger partial charge < -0.3 is 4.74 Å². The second-order valence-electron chi connectivity index (χ2n) is 9.87. The van der Waals surface area contributed by atoms with Crippen molar-refractivity contribution in [2.24, 2.45) is 0 Å². The number of pyridine rings is 1. The number of Topliss-reactive ketones (excluding diaryl/α,β-unsaturated/α-hetero) is 1. The summed E-state index contributed by atoms with van der Waals surface area (Å²) in [5.41, 5.74) is 7.89. The van der Waals surface area contributed by atoms with Gasteiger partial charge in [0.15, 0.2) is 5.78 Å². The smallest absolute Gasteiger partial charge is 0.165 e. The summed E-state index contributed by atoms with van der Waals surface area (Å²) < 4.78 is 7.85. The fraction of sp³-hybridized carbons (Fsp3) is 0.118. The van der Waals surface area contributed by atoms with Crippen molar-refractivity contribution in [3.05, 3.63) is 126 Å². The first-order valence-electron chi connectivity index (χ1n) is 13.0. The van der Waals surface area contributed by atoms with Gasteiger partial charge in [-0.15, -0.1) is 0 Å². The van der Waals surface area contributed by atoms with Crippen molar-refractivity contribution in [2.45, 2.75) is 18.8 Å². The first-order chi connectivity index (χ1) is 18.7. The second-order valence-corrected chi connectivity index (χ2v) is 9.87. The maximum absolute atomic E-state index is 13.9. The lowest BCUT2D eigenvalue weighted by molar-refractivity contribution is 0.0965. The Morgan fingerprint density at radius 1 is 0.763 bits per heavy atom. The van der Waals surface area contributed by atoms with E-state index in [0.29, 0.717) is 6.42 Å². The van der Waals surface area contributed by atoms with Crippen molar-refractivity contribution in [2.75, 3.05) is 7.11 Å². The third-order valence-electron chi connectivity index (χ3n) is 7.69. The number of nitrogens with zero attached hydrogens (tertiary/aromatic N) is 2. The van der Waals surface area contributed by atoms with E-state index in [-0.39, 0.29) is 11.7 Å². The Balaban J connectivity index is 1.63. The lowest BCUT2D eigenvalue weighted by atomic mass is 9.80. The minimum atomic E-state index is 0.112. The van der Waals surface area contributed by atoms with Gasteiger partial charge in [0.25, 0.3) is 0 Å². The second kappa shape index (κ2) is 9.00. The summed E-state index contributed by atoms with van der Waals surface area (Å²) in [5, 5.41) is 1.86. The van der Waals surface area contributed by atoms with E-state index in [1.807, 2.05) is 48.5 Å². The van der Waals surface area contributed by atoms with E-state index >= 15 is 0 Å². The molecular weight excluding hydrogens is 468 g/mol. The fourth-order valence-corrected chi connectivity index (χ4v) is 5.94. The van der Waals surface area contributed by atoms with Gasteiger partial charge in [-0.05, 0) is 41.5 Å². The van der Waals surface area contributed by atoms with Crippen molar-refractivity contribution in [1.29, 1.82) is 0 Å². The van der Waals surface area contributed by atoms with Gasteiger partial charge in [0.2, 0.25) is 0 Å². The van der Waals surface area contributed by atoms with Gasteiger partial charge in [-0.3, -0.25) is 9.20 Å².